The summed E-state index contributed by atoms with van der Waals surface area (Å²) in [6, 6.07) is 66.3. The normalized spacial score (nSPS) is 11.9. The molecule has 0 aliphatic rings. The molecule has 0 bridgehead atoms. The molecule has 12 aromatic rings. The predicted molar refractivity (Wildman–Crippen MR) is 228 cm³/mol. The average molecular weight is 718 g/mol. The van der Waals surface area contributed by atoms with E-state index in [-0.39, 0.29) is 0 Å². The number of para-hydroxylation sites is 6. The maximum atomic E-state index is 6.80. The van der Waals surface area contributed by atoms with Crippen molar-refractivity contribution in [2.75, 3.05) is 0 Å². The summed E-state index contributed by atoms with van der Waals surface area (Å²) in [5, 5.41) is 16.7. The van der Waals surface area contributed by atoms with Gasteiger partial charge in [-0.15, -0.1) is 10.2 Å². The van der Waals surface area contributed by atoms with Gasteiger partial charge in [-0.05, 0) is 72.8 Å². The van der Waals surface area contributed by atoms with Crippen LogP contribution in [-0.2, 0) is 0 Å². The zero-order chi connectivity index (χ0) is 36.7. The highest BCUT2D eigenvalue weighted by Gasteiger charge is 2.25. The van der Waals surface area contributed by atoms with E-state index in [4.69, 9.17) is 14.6 Å². The zero-order valence-electron chi connectivity index (χ0n) is 30.0. The smallest absolute Gasteiger partial charge is 0.252 e. The highest BCUT2D eigenvalue weighted by atomic mass is 16.4. The van der Waals surface area contributed by atoms with Gasteiger partial charge in [0.05, 0.1) is 50.0 Å². The molecular formula is C50H31N5O. The van der Waals surface area contributed by atoms with Gasteiger partial charge in [0.15, 0.2) is 0 Å². The molecule has 0 saturated heterocycles. The number of aromatic nitrogens is 5. The standard InChI is InChI=1S/C50H31N5O/c1-7-20-40-34(14-1)35-15-2-8-21-41(35)53(40)33-30-28-32(29-31-33)49-51-52-50(56-49)48-46(54-42-22-9-3-16-36(42)37-17-4-10-23-43(37)54)26-13-27-47(48)55-44-24-11-5-18-38(44)39-19-6-12-25-45(39)55/h1-31H. The van der Waals surface area contributed by atoms with E-state index < -0.39 is 0 Å². The number of rotatable bonds is 5. The molecule has 8 aromatic carbocycles. The third kappa shape index (κ3) is 4.38. The Morgan fingerprint density at radius 2 is 0.643 bits per heavy atom. The molecule has 0 saturated carbocycles. The fourth-order valence-corrected chi connectivity index (χ4v) is 8.88. The minimum Gasteiger partial charge on any atom is -0.416 e. The molecule has 56 heavy (non-hydrogen) atoms. The van der Waals surface area contributed by atoms with Crippen LogP contribution < -0.4 is 0 Å². The topological polar surface area (TPSA) is 53.7 Å². The molecule has 12 rings (SSSR count). The molecule has 6 heteroatoms. The van der Waals surface area contributed by atoms with Gasteiger partial charge in [0.2, 0.25) is 5.89 Å². The first-order chi connectivity index (χ1) is 27.8. The molecule has 0 amide bonds. The Kier molecular flexibility index (Phi) is 6.53. The fourth-order valence-electron chi connectivity index (χ4n) is 8.88. The Labute approximate surface area is 320 Å². The molecule has 4 heterocycles. The minimum atomic E-state index is 0.445. The van der Waals surface area contributed by atoms with Crippen LogP contribution in [0, 0.1) is 0 Å². The Morgan fingerprint density at radius 1 is 0.304 bits per heavy atom. The fraction of sp³-hybridized carbons (Fsp3) is 0. The zero-order valence-corrected chi connectivity index (χ0v) is 30.0. The van der Waals surface area contributed by atoms with Crippen LogP contribution in [0.15, 0.2) is 192 Å². The minimum absolute atomic E-state index is 0.445. The van der Waals surface area contributed by atoms with Crippen LogP contribution in [0.2, 0.25) is 0 Å². The lowest BCUT2D eigenvalue weighted by atomic mass is 10.1. The lowest BCUT2D eigenvalue weighted by Crippen LogP contribution is -2.03. The molecule has 4 aromatic heterocycles. The van der Waals surface area contributed by atoms with Gasteiger partial charge in [0.1, 0.15) is 0 Å². The molecule has 0 N–H and O–H groups in total. The third-order valence-corrected chi connectivity index (χ3v) is 11.3. The second-order valence-corrected chi connectivity index (χ2v) is 14.2. The molecular weight excluding hydrogens is 687 g/mol. The first-order valence-corrected chi connectivity index (χ1v) is 18.8. The van der Waals surface area contributed by atoms with Crippen molar-refractivity contribution < 1.29 is 4.42 Å². The van der Waals surface area contributed by atoms with Crippen LogP contribution in [0.4, 0.5) is 0 Å². The van der Waals surface area contributed by atoms with Gasteiger partial charge in [-0.2, -0.15) is 0 Å². The van der Waals surface area contributed by atoms with Gasteiger partial charge in [0.25, 0.3) is 5.89 Å². The third-order valence-electron chi connectivity index (χ3n) is 11.3. The van der Waals surface area contributed by atoms with Crippen LogP contribution >= 0.6 is 0 Å². The molecule has 0 fully saturated rings. The second-order valence-electron chi connectivity index (χ2n) is 14.2. The summed E-state index contributed by atoms with van der Waals surface area (Å²) in [6.07, 6.45) is 0. The summed E-state index contributed by atoms with van der Waals surface area (Å²) in [7, 11) is 0. The van der Waals surface area contributed by atoms with Gasteiger partial charge >= 0.3 is 0 Å². The molecule has 6 nitrogen and oxygen atoms in total. The van der Waals surface area contributed by atoms with Crippen molar-refractivity contribution in [1.82, 2.24) is 23.9 Å². The van der Waals surface area contributed by atoms with Crippen LogP contribution in [0.3, 0.4) is 0 Å². The highest BCUT2D eigenvalue weighted by Crippen LogP contribution is 2.42. The number of benzene rings is 8. The van der Waals surface area contributed by atoms with E-state index in [2.05, 4.69) is 202 Å². The van der Waals surface area contributed by atoms with Crippen molar-refractivity contribution in [2.45, 2.75) is 0 Å². The van der Waals surface area contributed by atoms with Crippen molar-refractivity contribution in [1.29, 1.82) is 0 Å². The Balaban J connectivity index is 1.08. The van der Waals surface area contributed by atoms with E-state index in [1.54, 1.807) is 0 Å². The molecule has 0 aliphatic carbocycles. The molecule has 0 unspecified atom stereocenters. The lowest BCUT2D eigenvalue weighted by molar-refractivity contribution is 0.584. The van der Waals surface area contributed by atoms with E-state index in [0.29, 0.717) is 11.8 Å². The summed E-state index contributed by atoms with van der Waals surface area (Å²) in [4.78, 5) is 0. The Morgan fingerprint density at radius 3 is 1.04 bits per heavy atom. The van der Waals surface area contributed by atoms with E-state index in [1.807, 2.05) is 0 Å². The first kappa shape index (κ1) is 30.7. The maximum absolute atomic E-state index is 6.80. The molecule has 0 atom stereocenters. The van der Waals surface area contributed by atoms with Gasteiger partial charge in [-0.3, -0.25) is 0 Å². The summed E-state index contributed by atoms with van der Waals surface area (Å²) in [6.45, 7) is 0. The van der Waals surface area contributed by atoms with Crippen LogP contribution in [0.25, 0.3) is 105 Å². The van der Waals surface area contributed by atoms with Crippen LogP contribution in [0.1, 0.15) is 0 Å². The summed E-state index contributed by atoms with van der Waals surface area (Å²) in [5.74, 6) is 0.903. The van der Waals surface area contributed by atoms with E-state index in [0.717, 1.165) is 50.3 Å². The number of hydrogen-bond acceptors (Lipinski definition) is 3. The van der Waals surface area contributed by atoms with Crippen molar-refractivity contribution in [2.24, 2.45) is 0 Å². The average Bonchev–Trinajstić information content (AvgIpc) is 4.04. The maximum Gasteiger partial charge on any atom is 0.252 e. The Bertz CT molecular complexity index is 3200. The monoisotopic (exact) mass is 717 g/mol. The van der Waals surface area contributed by atoms with Crippen LogP contribution in [0.5, 0.6) is 0 Å². The number of nitrogens with zero attached hydrogens (tertiary/aromatic N) is 5. The van der Waals surface area contributed by atoms with Crippen molar-refractivity contribution in [3.63, 3.8) is 0 Å². The molecule has 0 spiro atoms. The molecule has 262 valence electrons. The quantitative estimate of drug-likeness (QED) is 0.178. The van der Waals surface area contributed by atoms with E-state index in [1.165, 1.54) is 43.4 Å². The second kappa shape index (κ2) is 11.9. The van der Waals surface area contributed by atoms with Crippen molar-refractivity contribution in [3.05, 3.63) is 188 Å². The summed E-state index contributed by atoms with van der Waals surface area (Å²) >= 11 is 0. The van der Waals surface area contributed by atoms with E-state index >= 15 is 0 Å². The summed E-state index contributed by atoms with van der Waals surface area (Å²) < 4.78 is 13.8. The number of fused-ring (bicyclic) bond motifs is 9. The van der Waals surface area contributed by atoms with Crippen molar-refractivity contribution in [3.8, 4) is 40.0 Å². The first-order valence-electron chi connectivity index (χ1n) is 18.8. The van der Waals surface area contributed by atoms with E-state index in [9.17, 15) is 0 Å². The van der Waals surface area contributed by atoms with Gasteiger partial charge in [-0.1, -0.05) is 115 Å². The molecule has 0 aliphatic heterocycles. The molecule has 0 radical (unpaired) electrons. The Hall–Kier alpha value is -7.70. The predicted octanol–water partition coefficient (Wildman–Crippen LogP) is 12.7. The van der Waals surface area contributed by atoms with Gasteiger partial charge in [0, 0.05) is 43.6 Å². The van der Waals surface area contributed by atoms with Gasteiger partial charge in [-0.25, -0.2) is 0 Å². The lowest BCUT2D eigenvalue weighted by Gasteiger charge is -2.17. The highest BCUT2D eigenvalue weighted by molar-refractivity contribution is 6.12. The van der Waals surface area contributed by atoms with Crippen LogP contribution in [-0.4, -0.2) is 23.9 Å². The largest absolute Gasteiger partial charge is 0.416 e. The summed E-state index contributed by atoms with van der Waals surface area (Å²) in [5.41, 5.74) is 11.4. The van der Waals surface area contributed by atoms with Gasteiger partial charge < -0.3 is 18.1 Å². The number of hydrogen-bond donors (Lipinski definition) is 0. The van der Waals surface area contributed by atoms with Crippen molar-refractivity contribution >= 4 is 65.4 Å². The SMILES string of the molecule is c1cc(-n2c3ccccc3c3ccccc32)c(-c2nnc(-c3ccc(-n4c5ccccc5c5ccccc54)cc3)o2)c(-n2c3ccccc3c3ccccc32)c1.